The Kier molecular flexibility index (Phi) is 25.9. The van der Waals surface area contributed by atoms with E-state index in [1.165, 1.54) is 41.9 Å². The molecule has 2 aromatic carbocycles. The van der Waals surface area contributed by atoms with Crippen LogP contribution in [0.5, 0.6) is 0 Å². The molecule has 46 heteroatoms. The van der Waals surface area contributed by atoms with Crippen molar-refractivity contribution in [3.05, 3.63) is 182 Å². The van der Waals surface area contributed by atoms with Crippen LogP contribution in [0, 0.1) is 0 Å². The van der Waals surface area contributed by atoms with Crippen LogP contribution in [0.1, 0.15) is 22.3 Å². The maximum absolute atomic E-state index is 10.7. The Balaban J connectivity index is 0.000000774. The SMILES string of the molecule is CN(C)C=O.CN(C)C=O.CN(C)C=O.CN(C)C=O.F[P-](F)(F)(F)(F)F.F[P-](F)(F)(F)(F)F.F[P-](F)(F)(F)(F)F.F[P-](F)(F)(F)(F)F.c1cc2nc(c1)-n1cc[n+](c1)Cc1ccc(cc1)C[n+]1ccn(c1)-c1cccc(n1)-n1cc[n+](c1)Cc1ccc(cc1)C[n+]1ccn-2c1. The van der Waals surface area contributed by atoms with Gasteiger partial charge in [-0.05, 0) is 22.3 Å². The van der Waals surface area contributed by atoms with Crippen molar-refractivity contribution in [2.75, 3.05) is 56.4 Å². The molecule has 16 bridgehead atoms. The van der Waals surface area contributed by atoms with E-state index in [0.717, 1.165) is 75.1 Å². The molecule has 4 aliphatic rings. The maximum atomic E-state index is 9.87. The zero-order valence-electron chi connectivity index (χ0n) is 50.9. The standard InChI is InChI=1S/C38H34N10.4C3H7NO.4F6P/c1-3-35-39-36(4-1)46-20-16-42(28-46)24-32-9-13-34(14-10-32)26-44-18-22-48(30-44)38-6-2-5-37(40-38)47-21-17-43(29-47)25-33-11-7-31(8-12-33)23-41-15-19-45(35)27-41;4*1-4(2)3-5;4*1-7(2,3,4,5)6/h1-22,27-30H,23-26H2;4*3H,1-2H3;;;;/q+4;;;;;4*-1. The first-order valence-electron chi connectivity index (χ1n) is 25.7. The Hall–Kier alpha value is -8.50. The summed E-state index contributed by atoms with van der Waals surface area (Å²) in [4.78, 5) is 53.4. The first kappa shape index (κ1) is 85.5. The molecule has 96 heavy (non-hydrogen) atoms. The van der Waals surface area contributed by atoms with Gasteiger partial charge in [-0.1, -0.05) is 60.7 Å². The van der Waals surface area contributed by atoms with Gasteiger partial charge in [0.15, 0.2) is 0 Å². The normalized spacial score (nSPS) is 14.5. The second-order valence-electron chi connectivity index (χ2n) is 20.4. The summed E-state index contributed by atoms with van der Waals surface area (Å²) in [5.41, 5.74) is 4.96. The molecule has 8 aromatic rings. The minimum atomic E-state index is -10.7. The summed E-state index contributed by atoms with van der Waals surface area (Å²) in [7, 11) is -29.1. The molecule has 12 rings (SSSR count). The van der Waals surface area contributed by atoms with E-state index in [1.54, 1.807) is 56.4 Å². The van der Waals surface area contributed by atoms with Crippen molar-refractivity contribution in [1.29, 1.82) is 0 Å². The monoisotopic (exact) mass is 1500 g/mol. The van der Waals surface area contributed by atoms with Crippen LogP contribution in [-0.2, 0) is 45.4 Å². The largest absolute Gasteiger partial charge is 0.250 e. The summed E-state index contributed by atoms with van der Waals surface area (Å²) in [6.07, 6.45) is 28.0. The molecule has 0 unspecified atom stereocenters. The van der Waals surface area contributed by atoms with Crippen LogP contribution < -0.4 is 18.3 Å². The predicted molar refractivity (Wildman–Crippen MR) is 309 cm³/mol. The number of benzene rings is 2. The third-order valence-corrected chi connectivity index (χ3v) is 9.61. The Morgan fingerprint density at radius 2 is 0.438 bits per heavy atom. The Morgan fingerprint density at radius 1 is 0.302 bits per heavy atom. The van der Waals surface area contributed by atoms with Crippen molar-refractivity contribution in [3.63, 3.8) is 0 Å². The second-order valence-corrected chi connectivity index (χ2v) is 28.1. The van der Waals surface area contributed by atoms with Gasteiger partial charge in [0.25, 0.3) is 25.3 Å². The Bertz CT molecular complexity index is 3280. The molecule has 0 N–H and O–H groups in total. The van der Waals surface area contributed by atoms with Gasteiger partial charge in [-0.3, -0.25) is 19.2 Å². The van der Waals surface area contributed by atoms with E-state index in [1.807, 2.05) is 24.3 Å². The number of halogens is 24. The fourth-order valence-electron chi connectivity index (χ4n) is 6.24. The molecular weight excluding hydrogens is 1440 g/mol. The number of aromatic nitrogens is 10. The third kappa shape index (κ3) is 52.8. The Morgan fingerprint density at radius 3 is 0.562 bits per heavy atom. The predicted octanol–water partition coefficient (Wildman–Crippen LogP) is 15.6. The number of hydrogen-bond acceptors (Lipinski definition) is 6. The van der Waals surface area contributed by atoms with Crippen molar-refractivity contribution in [2.45, 2.75) is 26.2 Å². The molecule has 4 aliphatic heterocycles. The summed E-state index contributed by atoms with van der Waals surface area (Å²) in [5, 5.41) is 0. The number of carbonyl (C=O) groups is 4. The fraction of sp³-hybridized carbons (Fsp3) is 0.240. The van der Waals surface area contributed by atoms with Gasteiger partial charge in [0.05, 0.1) is 0 Å². The summed E-state index contributed by atoms with van der Waals surface area (Å²) in [5.74, 6) is 3.49. The summed E-state index contributed by atoms with van der Waals surface area (Å²) in [6.45, 7) is 3.11. The molecule has 0 saturated heterocycles. The maximum Gasteiger partial charge on any atom is 0.250 e. The van der Waals surface area contributed by atoms with E-state index in [0.29, 0.717) is 0 Å². The van der Waals surface area contributed by atoms with Crippen molar-refractivity contribution >= 4 is 56.9 Å². The number of pyridine rings is 2. The topological polar surface area (TPSA) is 142 Å². The molecule has 4 amide bonds. The number of hydrogen-bond donors (Lipinski definition) is 0. The minimum Gasteiger partial charge on any atom is -0.232 e. The molecule has 0 aliphatic carbocycles. The fourth-order valence-corrected chi connectivity index (χ4v) is 6.24. The molecule has 0 atom stereocenters. The van der Waals surface area contributed by atoms with Crippen LogP contribution in [0.3, 0.4) is 0 Å². The van der Waals surface area contributed by atoms with Gasteiger partial charge < -0.3 is 19.6 Å². The first-order chi connectivity index (χ1) is 42.5. The molecule has 10 heterocycles. The molecule has 0 radical (unpaired) electrons. The zero-order valence-corrected chi connectivity index (χ0v) is 54.5. The van der Waals surface area contributed by atoms with Crippen molar-refractivity contribution in [3.8, 4) is 23.3 Å². The van der Waals surface area contributed by atoms with Crippen LogP contribution in [0.2, 0.25) is 0 Å². The molecule has 0 saturated carbocycles. The van der Waals surface area contributed by atoms with Gasteiger partial charge in [0.2, 0.25) is 48.9 Å². The van der Waals surface area contributed by atoms with E-state index in [2.05, 4.69) is 172 Å². The van der Waals surface area contributed by atoms with Crippen molar-refractivity contribution in [1.82, 2.24) is 47.8 Å². The second kappa shape index (κ2) is 29.1. The summed E-state index contributed by atoms with van der Waals surface area (Å²) >= 11 is 0. The van der Waals surface area contributed by atoms with Gasteiger partial charge in [-0.2, -0.15) is 28.2 Å². The average Bonchev–Trinajstić information content (AvgIpc) is 1.22. The molecule has 0 fully saturated rings. The van der Waals surface area contributed by atoms with Gasteiger partial charge in [-0.15, -0.1) is 0 Å². The number of carbonyl (C=O) groups excluding carboxylic acids is 4. The van der Waals surface area contributed by atoms with E-state index >= 15 is 0 Å². The third-order valence-electron chi connectivity index (χ3n) is 9.61. The van der Waals surface area contributed by atoms with E-state index in [4.69, 9.17) is 9.97 Å². The van der Waals surface area contributed by atoms with Crippen molar-refractivity contribution in [2.24, 2.45) is 0 Å². The van der Waals surface area contributed by atoms with Crippen LogP contribution in [0.4, 0.5) is 101 Å². The molecule has 18 nitrogen and oxygen atoms in total. The number of amides is 4. The Labute approximate surface area is 529 Å². The number of imidazole rings is 4. The average molecular weight is 1500 g/mol. The van der Waals surface area contributed by atoms with Gasteiger partial charge in [-0.25, -0.2) is 18.3 Å². The smallest absolute Gasteiger partial charge is 0.232 e. The molecule has 544 valence electrons. The van der Waals surface area contributed by atoms with Crippen LogP contribution in [-0.4, -0.2) is 130 Å². The van der Waals surface area contributed by atoms with Crippen LogP contribution in [0.15, 0.2) is 160 Å². The number of nitrogens with zero attached hydrogens (tertiary/aromatic N) is 14. The molecule has 0 spiro atoms. The van der Waals surface area contributed by atoms with Crippen molar-refractivity contribution < 1.29 is 138 Å². The zero-order chi connectivity index (χ0) is 74.6. The molecular formula is C50H62F24N14O4P4. The first-order valence-corrected chi connectivity index (χ1v) is 33.8. The van der Waals surface area contributed by atoms with E-state index < -0.39 is 31.2 Å². The number of rotatable bonds is 4. The van der Waals surface area contributed by atoms with E-state index in [-0.39, 0.29) is 0 Å². The quantitative estimate of drug-likeness (QED) is 0.0743. The van der Waals surface area contributed by atoms with Gasteiger partial charge in [0, 0.05) is 80.6 Å². The van der Waals surface area contributed by atoms with Crippen LogP contribution in [0.25, 0.3) is 23.3 Å². The van der Waals surface area contributed by atoms with Crippen LogP contribution >= 0.6 is 31.2 Å². The van der Waals surface area contributed by atoms with Gasteiger partial charge in [0.1, 0.15) is 75.8 Å². The minimum absolute atomic E-state index is 0.750. The summed E-state index contributed by atoms with van der Waals surface area (Å²) in [6, 6.07) is 29.9. The summed E-state index contributed by atoms with van der Waals surface area (Å²) < 4.78 is 254. The molecule has 6 aromatic heterocycles. The van der Waals surface area contributed by atoms with E-state index in [9.17, 15) is 120 Å². The van der Waals surface area contributed by atoms with Gasteiger partial charge >= 0.3 is 132 Å².